The monoisotopic (exact) mass is 441 g/mol. The van der Waals surface area contributed by atoms with Crippen LogP contribution in [0.2, 0.25) is 0 Å². The number of nitrogens with two attached hydrogens (primary N) is 3. The fourth-order valence-electron chi connectivity index (χ4n) is 3.85. The molecule has 0 saturated carbocycles. The first-order valence-corrected chi connectivity index (χ1v) is 10.8. The Morgan fingerprint density at radius 2 is 1.39 bits per heavy atom. The molecule has 0 radical (unpaired) electrons. The average molecular weight is 442 g/mol. The molecule has 168 valence electrons. The van der Waals surface area contributed by atoms with E-state index < -0.39 is 0 Å². The van der Waals surface area contributed by atoms with Crippen LogP contribution < -0.4 is 26.7 Å². The molecule has 0 aliphatic rings. The van der Waals surface area contributed by atoms with Crippen LogP contribution in [-0.2, 0) is 0 Å². The molecule has 1 aromatic heterocycles. The van der Waals surface area contributed by atoms with Crippen molar-refractivity contribution in [3.63, 3.8) is 0 Å². The van der Waals surface area contributed by atoms with E-state index in [0.717, 1.165) is 27.8 Å². The van der Waals surface area contributed by atoms with Crippen LogP contribution in [0.15, 0.2) is 66.9 Å². The molecule has 0 saturated heterocycles. The number of rotatable bonds is 7. The normalized spacial score (nSPS) is 10.7. The number of aromatic nitrogens is 2. The van der Waals surface area contributed by atoms with E-state index >= 15 is 0 Å². The molecule has 0 atom stereocenters. The maximum Gasteiger partial charge on any atom is 0.221 e. The highest BCUT2D eigenvalue weighted by molar-refractivity contribution is 5.90. The third kappa shape index (κ3) is 4.52. The van der Waals surface area contributed by atoms with Crippen LogP contribution in [0.1, 0.15) is 13.8 Å². The zero-order chi connectivity index (χ0) is 23.4. The Morgan fingerprint density at radius 3 is 2.00 bits per heavy atom. The van der Waals surface area contributed by atoms with E-state index in [9.17, 15) is 0 Å². The minimum Gasteiger partial charge on any atom is -0.493 e. The summed E-state index contributed by atoms with van der Waals surface area (Å²) in [5.74, 6) is 1.87. The second-order valence-corrected chi connectivity index (χ2v) is 7.41. The van der Waals surface area contributed by atoms with E-state index in [0.29, 0.717) is 41.8 Å². The summed E-state index contributed by atoms with van der Waals surface area (Å²) < 4.78 is 12.2. The first-order chi connectivity index (χ1) is 16.0. The lowest BCUT2D eigenvalue weighted by Crippen LogP contribution is -2.02. The fraction of sp³-hybridized carbons (Fsp3) is 0.154. The quantitative estimate of drug-likeness (QED) is 0.344. The Bertz CT molecular complexity index is 1260. The zero-order valence-electron chi connectivity index (χ0n) is 18.7. The van der Waals surface area contributed by atoms with E-state index in [1.165, 1.54) is 0 Å². The molecule has 7 heteroatoms. The minimum absolute atomic E-state index is 0.137. The van der Waals surface area contributed by atoms with Gasteiger partial charge in [-0.2, -0.15) is 4.98 Å². The van der Waals surface area contributed by atoms with E-state index in [2.05, 4.69) is 9.97 Å². The molecule has 4 rings (SSSR count). The largest absolute Gasteiger partial charge is 0.493 e. The molecule has 0 aliphatic carbocycles. The van der Waals surface area contributed by atoms with Gasteiger partial charge in [-0.15, -0.1) is 0 Å². The fourth-order valence-corrected chi connectivity index (χ4v) is 3.85. The summed E-state index contributed by atoms with van der Waals surface area (Å²) in [7, 11) is 0. The van der Waals surface area contributed by atoms with Crippen molar-refractivity contribution in [1.29, 1.82) is 0 Å². The Balaban J connectivity index is 1.95. The Morgan fingerprint density at radius 1 is 0.727 bits per heavy atom. The molecule has 0 unspecified atom stereocenters. The van der Waals surface area contributed by atoms with Crippen molar-refractivity contribution in [1.82, 2.24) is 9.97 Å². The summed E-state index contributed by atoms with van der Waals surface area (Å²) in [4.78, 5) is 8.26. The van der Waals surface area contributed by atoms with Gasteiger partial charge in [-0.1, -0.05) is 36.4 Å². The highest BCUT2D eigenvalue weighted by Crippen LogP contribution is 2.44. The first-order valence-electron chi connectivity index (χ1n) is 10.8. The molecule has 33 heavy (non-hydrogen) atoms. The van der Waals surface area contributed by atoms with Crippen molar-refractivity contribution < 1.29 is 9.47 Å². The topological polar surface area (TPSA) is 122 Å². The Labute approximate surface area is 193 Å². The maximum absolute atomic E-state index is 6.18. The molecular formula is C26H27N5O2. The van der Waals surface area contributed by atoms with Gasteiger partial charge in [0.25, 0.3) is 0 Å². The molecule has 0 amide bonds. The predicted octanol–water partition coefficient (Wildman–Crippen LogP) is 5.02. The molecule has 3 aromatic carbocycles. The molecule has 1 heterocycles. The van der Waals surface area contributed by atoms with Crippen molar-refractivity contribution in [2.24, 2.45) is 0 Å². The smallest absolute Gasteiger partial charge is 0.221 e. The van der Waals surface area contributed by atoms with Crippen LogP contribution in [0.4, 0.5) is 17.5 Å². The summed E-state index contributed by atoms with van der Waals surface area (Å²) in [6, 6.07) is 19.6. The predicted molar refractivity (Wildman–Crippen MR) is 134 cm³/mol. The summed E-state index contributed by atoms with van der Waals surface area (Å²) >= 11 is 0. The van der Waals surface area contributed by atoms with Gasteiger partial charge in [0.1, 0.15) is 17.3 Å². The lowest BCUT2D eigenvalue weighted by atomic mass is 9.92. The van der Waals surface area contributed by atoms with Gasteiger partial charge in [0, 0.05) is 17.4 Å². The highest BCUT2D eigenvalue weighted by atomic mass is 16.5. The lowest BCUT2D eigenvalue weighted by molar-refractivity contribution is 0.326. The van der Waals surface area contributed by atoms with E-state index in [-0.39, 0.29) is 5.95 Å². The van der Waals surface area contributed by atoms with Crippen LogP contribution in [-0.4, -0.2) is 23.2 Å². The summed E-state index contributed by atoms with van der Waals surface area (Å²) in [6.45, 7) is 4.92. The highest BCUT2D eigenvalue weighted by Gasteiger charge is 2.19. The number of nitrogen functional groups attached to an aromatic ring is 3. The molecule has 0 fully saturated rings. The van der Waals surface area contributed by atoms with Crippen molar-refractivity contribution >= 4 is 17.5 Å². The summed E-state index contributed by atoms with van der Waals surface area (Å²) in [5, 5.41) is 0. The molecular weight excluding hydrogens is 414 g/mol. The Kier molecular flexibility index (Phi) is 6.31. The van der Waals surface area contributed by atoms with E-state index in [1.807, 2.05) is 74.5 Å². The van der Waals surface area contributed by atoms with Gasteiger partial charge in [-0.3, -0.25) is 0 Å². The van der Waals surface area contributed by atoms with E-state index in [4.69, 9.17) is 26.7 Å². The van der Waals surface area contributed by atoms with Crippen LogP contribution in [0, 0.1) is 0 Å². The van der Waals surface area contributed by atoms with Gasteiger partial charge in [-0.25, -0.2) is 4.98 Å². The van der Waals surface area contributed by atoms with Gasteiger partial charge in [0.15, 0.2) is 0 Å². The van der Waals surface area contributed by atoms with Crippen molar-refractivity contribution in [2.45, 2.75) is 13.8 Å². The number of nitrogens with zero attached hydrogens (tertiary/aromatic N) is 2. The van der Waals surface area contributed by atoms with E-state index in [1.54, 1.807) is 6.20 Å². The summed E-state index contributed by atoms with van der Waals surface area (Å²) in [6.07, 6.45) is 1.64. The van der Waals surface area contributed by atoms with Crippen molar-refractivity contribution in [2.75, 3.05) is 30.4 Å². The number of benzene rings is 3. The van der Waals surface area contributed by atoms with Gasteiger partial charge < -0.3 is 26.7 Å². The molecule has 6 N–H and O–H groups in total. The van der Waals surface area contributed by atoms with Gasteiger partial charge >= 0.3 is 0 Å². The molecule has 4 aromatic rings. The molecule has 7 nitrogen and oxygen atoms in total. The minimum atomic E-state index is 0.137. The molecule has 0 bridgehead atoms. The zero-order valence-corrected chi connectivity index (χ0v) is 18.7. The standard InChI is InChI=1S/C26H27N5O2/c1-3-32-22-13-17(14-23(33-4-2)24(22)16-8-7-9-18(27)12-16)19-10-5-6-11-20(19)21-15-30-26(29)31-25(21)28/h5-15H,3-4,27H2,1-2H3,(H4,28,29,30,31). The third-order valence-electron chi connectivity index (χ3n) is 5.21. The van der Waals surface area contributed by atoms with Gasteiger partial charge in [0.2, 0.25) is 5.95 Å². The number of anilines is 3. The first kappa shape index (κ1) is 22.0. The number of hydrogen-bond acceptors (Lipinski definition) is 7. The lowest BCUT2D eigenvalue weighted by Gasteiger charge is -2.19. The second kappa shape index (κ2) is 9.48. The van der Waals surface area contributed by atoms with Crippen LogP contribution in [0.25, 0.3) is 33.4 Å². The van der Waals surface area contributed by atoms with Crippen LogP contribution in [0.3, 0.4) is 0 Å². The van der Waals surface area contributed by atoms with Crippen molar-refractivity contribution in [3.05, 3.63) is 66.9 Å². The van der Waals surface area contributed by atoms with Gasteiger partial charge in [-0.05, 0) is 60.4 Å². The van der Waals surface area contributed by atoms with Crippen molar-refractivity contribution in [3.8, 4) is 44.9 Å². The SMILES string of the molecule is CCOc1cc(-c2ccccc2-c2cnc(N)nc2N)cc(OCC)c1-c1cccc(N)c1. The number of hydrogen-bond donors (Lipinski definition) is 3. The molecule has 0 aliphatic heterocycles. The average Bonchev–Trinajstić information content (AvgIpc) is 2.79. The molecule has 0 spiro atoms. The Hall–Kier alpha value is -4.26. The summed E-state index contributed by atoms with van der Waals surface area (Å²) in [5.41, 5.74) is 23.9. The van der Waals surface area contributed by atoms with Crippen LogP contribution >= 0.6 is 0 Å². The number of ether oxygens (including phenoxy) is 2. The van der Waals surface area contributed by atoms with Crippen LogP contribution in [0.5, 0.6) is 11.5 Å². The van der Waals surface area contributed by atoms with Gasteiger partial charge in [0.05, 0.1) is 18.8 Å². The second-order valence-electron chi connectivity index (χ2n) is 7.41. The third-order valence-corrected chi connectivity index (χ3v) is 5.21. The maximum atomic E-state index is 6.18.